The Morgan fingerprint density at radius 3 is 1.78 bits per heavy atom. The van der Waals surface area contributed by atoms with Gasteiger partial charge in [-0.2, -0.15) is 0 Å². The zero-order valence-corrected chi connectivity index (χ0v) is 25.5. The minimum atomic E-state index is -0.0763. The molecule has 0 saturated carbocycles. The second-order valence-corrected chi connectivity index (χ2v) is 12.4. The van der Waals surface area contributed by atoms with Crippen LogP contribution in [0.1, 0.15) is 25.0 Å². The SMILES string of the molecule is CC1(C)c2ccccc2-c2ccc(-c3cccc4oc5c(-c6nc(-c7ccccc7)nc(-c7ccccc7)n6)cccc5c34)cc21. The zero-order valence-electron chi connectivity index (χ0n) is 25.5. The van der Waals surface area contributed by atoms with Crippen LogP contribution in [-0.2, 0) is 5.41 Å². The maximum atomic E-state index is 6.68. The Morgan fingerprint density at radius 2 is 1.04 bits per heavy atom. The number of aromatic nitrogens is 3. The number of fused-ring (bicyclic) bond motifs is 6. The molecule has 1 aliphatic rings. The average molecular weight is 592 g/mol. The minimum Gasteiger partial charge on any atom is -0.455 e. The van der Waals surface area contributed by atoms with E-state index < -0.39 is 0 Å². The van der Waals surface area contributed by atoms with Crippen LogP contribution in [0.3, 0.4) is 0 Å². The fourth-order valence-corrected chi connectivity index (χ4v) is 7.07. The van der Waals surface area contributed by atoms with Crippen LogP contribution < -0.4 is 0 Å². The van der Waals surface area contributed by atoms with Crippen molar-refractivity contribution < 1.29 is 4.42 Å². The van der Waals surface area contributed by atoms with Gasteiger partial charge in [0, 0.05) is 27.3 Å². The van der Waals surface area contributed by atoms with E-state index in [2.05, 4.69) is 80.6 Å². The van der Waals surface area contributed by atoms with Crippen molar-refractivity contribution >= 4 is 21.9 Å². The molecule has 0 spiro atoms. The van der Waals surface area contributed by atoms with E-state index >= 15 is 0 Å². The first-order valence-corrected chi connectivity index (χ1v) is 15.6. The molecule has 2 heterocycles. The molecule has 0 N–H and O–H groups in total. The van der Waals surface area contributed by atoms with Gasteiger partial charge in [-0.15, -0.1) is 0 Å². The van der Waals surface area contributed by atoms with Gasteiger partial charge in [0.25, 0.3) is 0 Å². The Balaban J connectivity index is 1.24. The molecule has 0 bridgehead atoms. The molecule has 2 aromatic heterocycles. The van der Waals surface area contributed by atoms with Gasteiger partial charge in [0.2, 0.25) is 0 Å². The van der Waals surface area contributed by atoms with Crippen molar-refractivity contribution in [3.8, 4) is 56.4 Å². The van der Waals surface area contributed by atoms with Crippen LogP contribution in [-0.4, -0.2) is 15.0 Å². The molecule has 0 atom stereocenters. The van der Waals surface area contributed by atoms with Crippen molar-refractivity contribution in [3.05, 3.63) is 151 Å². The Kier molecular flexibility index (Phi) is 5.81. The number of para-hydroxylation sites is 1. The Hall–Kier alpha value is -5.87. The van der Waals surface area contributed by atoms with Crippen molar-refractivity contribution in [1.29, 1.82) is 0 Å². The van der Waals surface area contributed by atoms with Crippen LogP contribution in [0.15, 0.2) is 144 Å². The summed E-state index contributed by atoms with van der Waals surface area (Å²) < 4.78 is 6.68. The summed E-state index contributed by atoms with van der Waals surface area (Å²) in [4.78, 5) is 14.9. The molecule has 9 rings (SSSR count). The van der Waals surface area contributed by atoms with Gasteiger partial charge >= 0.3 is 0 Å². The topological polar surface area (TPSA) is 51.8 Å². The molecule has 0 fully saturated rings. The Bertz CT molecular complexity index is 2380. The summed E-state index contributed by atoms with van der Waals surface area (Å²) in [7, 11) is 0. The first-order chi connectivity index (χ1) is 22.6. The second kappa shape index (κ2) is 10.1. The number of furan rings is 1. The number of hydrogen-bond donors (Lipinski definition) is 0. The first-order valence-electron chi connectivity index (χ1n) is 15.6. The predicted molar refractivity (Wildman–Crippen MR) is 186 cm³/mol. The van der Waals surface area contributed by atoms with Gasteiger partial charge < -0.3 is 4.42 Å². The third kappa shape index (κ3) is 4.04. The smallest absolute Gasteiger partial charge is 0.167 e. The number of benzene rings is 6. The summed E-state index contributed by atoms with van der Waals surface area (Å²) in [5.41, 5.74) is 11.9. The summed E-state index contributed by atoms with van der Waals surface area (Å²) in [5, 5.41) is 2.13. The van der Waals surface area contributed by atoms with Crippen LogP contribution in [0, 0.1) is 0 Å². The highest BCUT2D eigenvalue weighted by Gasteiger charge is 2.35. The number of nitrogens with zero attached hydrogens (tertiary/aromatic N) is 3. The molecule has 46 heavy (non-hydrogen) atoms. The Labute approximate surface area is 267 Å². The van der Waals surface area contributed by atoms with Crippen LogP contribution in [0.2, 0.25) is 0 Å². The zero-order chi connectivity index (χ0) is 30.8. The van der Waals surface area contributed by atoms with E-state index in [4.69, 9.17) is 19.4 Å². The summed E-state index contributed by atoms with van der Waals surface area (Å²) in [6.07, 6.45) is 0. The lowest BCUT2D eigenvalue weighted by atomic mass is 9.81. The van der Waals surface area contributed by atoms with E-state index in [1.165, 1.54) is 27.8 Å². The van der Waals surface area contributed by atoms with E-state index in [0.29, 0.717) is 17.5 Å². The van der Waals surface area contributed by atoms with Crippen molar-refractivity contribution in [2.24, 2.45) is 0 Å². The lowest BCUT2D eigenvalue weighted by molar-refractivity contribution is 0.660. The standard InChI is InChI=1S/C42H29N3O/c1-42(2)34-21-10-9-17-30(34)31-24-23-28(25-35(31)42)29-18-12-22-36-37(29)32-19-11-20-33(38(32)46-36)41-44-39(26-13-5-3-6-14-26)43-40(45-41)27-15-7-4-8-16-27/h3-25H,1-2H3. The van der Waals surface area contributed by atoms with E-state index in [1.807, 2.05) is 72.8 Å². The number of rotatable bonds is 4. The monoisotopic (exact) mass is 591 g/mol. The fraction of sp³-hybridized carbons (Fsp3) is 0.0714. The molecule has 218 valence electrons. The lowest BCUT2D eigenvalue weighted by Crippen LogP contribution is -2.14. The van der Waals surface area contributed by atoms with Crippen molar-refractivity contribution in [1.82, 2.24) is 15.0 Å². The largest absolute Gasteiger partial charge is 0.455 e. The summed E-state index contributed by atoms with van der Waals surface area (Å²) in [6, 6.07) is 48.4. The lowest BCUT2D eigenvalue weighted by Gasteiger charge is -2.22. The van der Waals surface area contributed by atoms with Crippen molar-refractivity contribution in [2.75, 3.05) is 0 Å². The summed E-state index contributed by atoms with van der Waals surface area (Å²) in [5.74, 6) is 1.83. The van der Waals surface area contributed by atoms with Crippen LogP contribution >= 0.6 is 0 Å². The Morgan fingerprint density at radius 1 is 0.457 bits per heavy atom. The molecule has 4 heteroatoms. The fourth-order valence-electron chi connectivity index (χ4n) is 7.07. The quantitative estimate of drug-likeness (QED) is 0.204. The summed E-state index contributed by atoms with van der Waals surface area (Å²) >= 11 is 0. The van der Waals surface area contributed by atoms with E-state index in [-0.39, 0.29) is 5.41 Å². The molecular weight excluding hydrogens is 562 g/mol. The third-order valence-electron chi connectivity index (χ3n) is 9.36. The molecule has 0 unspecified atom stereocenters. The maximum Gasteiger partial charge on any atom is 0.167 e. The van der Waals surface area contributed by atoms with Gasteiger partial charge in [-0.05, 0) is 51.6 Å². The highest BCUT2D eigenvalue weighted by Crippen LogP contribution is 2.50. The van der Waals surface area contributed by atoms with E-state index in [9.17, 15) is 0 Å². The average Bonchev–Trinajstić information content (AvgIpc) is 3.61. The van der Waals surface area contributed by atoms with Crippen molar-refractivity contribution in [3.63, 3.8) is 0 Å². The first kappa shape index (κ1) is 26.5. The third-order valence-corrected chi connectivity index (χ3v) is 9.36. The van der Waals surface area contributed by atoms with Gasteiger partial charge in [0.05, 0.1) is 5.56 Å². The van der Waals surface area contributed by atoms with Gasteiger partial charge in [0.1, 0.15) is 11.2 Å². The highest BCUT2D eigenvalue weighted by molar-refractivity contribution is 6.15. The molecule has 0 aliphatic heterocycles. The highest BCUT2D eigenvalue weighted by atomic mass is 16.3. The molecule has 0 amide bonds. The van der Waals surface area contributed by atoms with Gasteiger partial charge in [-0.3, -0.25) is 0 Å². The molecule has 0 saturated heterocycles. The second-order valence-electron chi connectivity index (χ2n) is 12.4. The molecule has 0 radical (unpaired) electrons. The van der Waals surface area contributed by atoms with E-state index in [0.717, 1.165) is 44.2 Å². The van der Waals surface area contributed by atoms with Gasteiger partial charge in [-0.1, -0.05) is 135 Å². The van der Waals surface area contributed by atoms with Crippen LogP contribution in [0.25, 0.3) is 78.4 Å². The normalized spacial score (nSPS) is 13.2. The van der Waals surface area contributed by atoms with Crippen LogP contribution in [0.4, 0.5) is 0 Å². The maximum absolute atomic E-state index is 6.68. The summed E-state index contributed by atoms with van der Waals surface area (Å²) in [6.45, 7) is 4.65. The van der Waals surface area contributed by atoms with Gasteiger partial charge in [0.15, 0.2) is 17.5 Å². The number of hydrogen-bond acceptors (Lipinski definition) is 4. The molecular formula is C42H29N3O. The molecule has 4 nitrogen and oxygen atoms in total. The van der Waals surface area contributed by atoms with E-state index in [1.54, 1.807) is 0 Å². The molecule has 1 aliphatic carbocycles. The minimum absolute atomic E-state index is 0.0763. The van der Waals surface area contributed by atoms with Gasteiger partial charge in [-0.25, -0.2) is 15.0 Å². The predicted octanol–water partition coefficient (Wildman–Crippen LogP) is 10.7. The van der Waals surface area contributed by atoms with Crippen molar-refractivity contribution in [2.45, 2.75) is 19.3 Å². The molecule has 6 aromatic carbocycles. The van der Waals surface area contributed by atoms with Crippen LogP contribution in [0.5, 0.6) is 0 Å². The molecule has 8 aromatic rings.